The molecule has 6 heteroatoms. The zero-order valence-corrected chi connectivity index (χ0v) is 12.0. The van der Waals surface area contributed by atoms with E-state index in [1.807, 2.05) is 12.1 Å². The van der Waals surface area contributed by atoms with Crippen molar-refractivity contribution >= 4 is 33.3 Å². The minimum absolute atomic E-state index is 0.369. The second kappa shape index (κ2) is 5.65. The van der Waals surface area contributed by atoms with Crippen molar-refractivity contribution in [2.24, 2.45) is 0 Å². The Balaban J connectivity index is 2.48. The van der Waals surface area contributed by atoms with Crippen LogP contribution in [-0.2, 0) is 11.3 Å². The van der Waals surface area contributed by atoms with E-state index in [9.17, 15) is 0 Å². The quantitative estimate of drug-likeness (QED) is 0.939. The highest BCUT2D eigenvalue weighted by atomic mass is 79.9. The summed E-state index contributed by atoms with van der Waals surface area (Å²) in [5.74, 6) is 0.946. The maximum atomic E-state index is 5.84. The molecule has 0 unspecified atom stereocenters. The molecule has 0 atom stereocenters. The highest BCUT2D eigenvalue weighted by Crippen LogP contribution is 2.26. The summed E-state index contributed by atoms with van der Waals surface area (Å²) in [6.45, 7) is 0.369. The van der Waals surface area contributed by atoms with Gasteiger partial charge in [0.2, 0.25) is 0 Å². The smallest absolute Gasteiger partial charge is 0.161 e. The molecule has 1 heterocycles. The summed E-state index contributed by atoms with van der Waals surface area (Å²) in [7, 11) is 1.60. The standard InChI is InChI=1S/C12H11BrClN3O/c1-18-6-9-10(13)11(15)17-12(16-9)7-2-4-8(14)5-3-7/h2-5H,6H2,1H3,(H2,15,16,17). The number of anilines is 1. The first-order valence-electron chi connectivity index (χ1n) is 5.18. The summed E-state index contributed by atoms with van der Waals surface area (Å²) in [5, 5.41) is 0.668. The zero-order valence-electron chi connectivity index (χ0n) is 9.65. The van der Waals surface area contributed by atoms with Gasteiger partial charge in [-0.25, -0.2) is 9.97 Å². The minimum atomic E-state index is 0.369. The van der Waals surface area contributed by atoms with Gasteiger partial charge in [-0.05, 0) is 40.2 Å². The molecule has 1 aromatic carbocycles. The Hall–Kier alpha value is -1.17. The van der Waals surface area contributed by atoms with Crippen LogP contribution >= 0.6 is 27.5 Å². The largest absolute Gasteiger partial charge is 0.383 e. The lowest BCUT2D eigenvalue weighted by molar-refractivity contribution is 0.181. The van der Waals surface area contributed by atoms with Crippen molar-refractivity contribution in [3.63, 3.8) is 0 Å². The fraction of sp³-hybridized carbons (Fsp3) is 0.167. The Morgan fingerprint density at radius 3 is 2.56 bits per heavy atom. The number of hydrogen-bond acceptors (Lipinski definition) is 4. The van der Waals surface area contributed by atoms with Gasteiger partial charge in [-0.3, -0.25) is 0 Å². The molecule has 2 aromatic rings. The second-order valence-electron chi connectivity index (χ2n) is 3.63. The predicted octanol–water partition coefficient (Wildman–Crippen LogP) is 3.29. The van der Waals surface area contributed by atoms with Gasteiger partial charge in [-0.15, -0.1) is 0 Å². The SMILES string of the molecule is COCc1nc(-c2ccc(Cl)cc2)nc(N)c1Br. The van der Waals surface area contributed by atoms with Crippen LogP contribution in [0.15, 0.2) is 28.7 Å². The number of hydrogen-bond donors (Lipinski definition) is 1. The van der Waals surface area contributed by atoms with Gasteiger partial charge >= 0.3 is 0 Å². The highest BCUT2D eigenvalue weighted by Gasteiger charge is 2.11. The van der Waals surface area contributed by atoms with Crippen LogP contribution in [0.3, 0.4) is 0 Å². The van der Waals surface area contributed by atoms with E-state index in [1.54, 1.807) is 19.2 Å². The Labute approximate surface area is 118 Å². The summed E-state index contributed by atoms with van der Waals surface area (Å²) in [5.41, 5.74) is 7.41. The van der Waals surface area contributed by atoms with Crippen molar-refractivity contribution < 1.29 is 4.74 Å². The number of ether oxygens (including phenoxy) is 1. The van der Waals surface area contributed by atoms with Crippen molar-refractivity contribution in [3.05, 3.63) is 39.5 Å². The molecule has 0 amide bonds. The third kappa shape index (κ3) is 2.80. The number of nitrogens with two attached hydrogens (primary N) is 1. The van der Waals surface area contributed by atoms with E-state index in [-0.39, 0.29) is 0 Å². The number of halogens is 2. The summed E-state index contributed by atoms with van der Waals surface area (Å²) in [6.07, 6.45) is 0. The molecule has 0 saturated carbocycles. The van der Waals surface area contributed by atoms with Crippen molar-refractivity contribution in [3.8, 4) is 11.4 Å². The Bertz CT molecular complexity index is 560. The Morgan fingerprint density at radius 1 is 1.28 bits per heavy atom. The molecular weight excluding hydrogens is 318 g/mol. The average molecular weight is 329 g/mol. The first kappa shape index (κ1) is 13.3. The normalized spacial score (nSPS) is 10.6. The molecule has 0 aliphatic carbocycles. The molecule has 0 aliphatic heterocycles. The third-order valence-electron chi connectivity index (χ3n) is 2.33. The average Bonchev–Trinajstić information content (AvgIpc) is 2.36. The van der Waals surface area contributed by atoms with E-state index in [4.69, 9.17) is 22.1 Å². The van der Waals surface area contributed by atoms with E-state index in [0.717, 1.165) is 11.3 Å². The second-order valence-corrected chi connectivity index (χ2v) is 4.86. The van der Waals surface area contributed by atoms with Crippen molar-refractivity contribution in [1.29, 1.82) is 0 Å². The molecule has 0 fully saturated rings. The van der Waals surface area contributed by atoms with Crippen LogP contribution in [0.25, 0.3) is 11.4 Å². The Kier molecular flexibility index (Phi) is 4.16. The monoisotopic (exact) mass is 327 g/mol. The lowest BCUT2D eigenvalue weighted by Crippen LogP contribution is -2.03. The first-order valence-corrected chi connectivity index (χ1v) is 6.35. The van der Waals surface area contributed by atoms with Gasteiger partial charge < -0.3 is 10.5 Å². The molecule has 2 N–H and O–H groups in total. The topological polar surface area (TPSA) is 61.0 Å². The number of benzene rings is 1. The van der Waals surface area contributed by atoms with Crippen LogP contribution < -0.4 is 5.73 Å². The number of rotatable bonds is 3. The molecule has 94 valence electrons. The maximum absolute atomic E-state index is 5.84. The van der Waals surface area contributed by atoms with Gasteiger partial charge in [0, 0.05) is 17.7 Å². The third-order valence-corrected chi connectivity index (χ3v) is 3.44. The van der Waals surface area contributed by atoms with Crippen molar-refractivity contribution in [2.45, 2.75) is 6.61 Å². The van der Waals surface area contributed by atoms with Crippen molar-refractivity contribution in [1.82, 2.24) is 9.97 Å². The fourth-order valence-corrected chi connectivity index (χ4v) is 1.89. The van der Waals surface area contributed by atoms with E-state index in [2.05, 4.69) is 25.9 Å². The van der Waals surface area contributed by atoms with Crippen molar-refractivity contribution in [2.75, 3.05) is 12.8 Å². The Morgan fingerprint density at radius 2 is 1.94 bits per heavy atom. The molecule has 0 bridgehead atoms. The van der Waals surface area contributed by atoms with Gasteiger partial charge in [0.25, 0.3) is 0 Å². The highest BCUT2D eigenvalue weighted by molar-refractivity contribution is 9.10. The van der Waals surface area contributed by atoms with Gasteiger partial charge in [-0.1, -0.05) is 11.6 Å². The van der Waals surface area contributed by atoms with E-state index < -0.39 is 0 Å². The molecule has 1 aromatic heterocycles. The van der Waals surface area contributed by atoms with Gasteiger partial charge in [-0.2, -0.15) is 0 Å². The minimum Gasteiger partial charge on any atom is -0.383 e. The van der Waals surface area contributed by atoms with Crippen LogP contribution in [0.2, 0.25) is 5.02 Å². The predicted molar refractivity (Wildman–Crippen MR) is 75.3 cm³/mol. The zero-order chi connectivity index (χ0) is 13.1. The van der Waals surface area contributed by atoms with Crippen LogP contribution in [0.5, 0.6) is 0 Å². The number of aromatic nitrogens is 2. The molecular formula is C12H11BrClN3O. The lowest BCUT2D eigenvalue weighted by Gasteiger charge is -2.08. The number of nitrogen functional groups attached to an aromatic ring is 1. The number of methoxy groups -OCH3 is 1. The lowest BCUT2D eigenvalue weighted by atomic mass is 10.2. The molecule has 2 rings (SSSR count). The van der Waals surface area contributed by atoms with Crippen LogP contribution in [0.4, 0.5) is 5.82 Å². The molecule has 18 heavy (non-hydrogen) atoms. The van der Waals surface area contributed by atoms with E-state index >= 15 is 0 Å². The molecule has 0 saturated heterocycles. The summed E-state index contributed by atoms with van der Waals surface area (Å²) in [4.78, 5) is 8.65. The van der Waals surface area contributed by atoms with Crippen LogP contribution in [0, 0.1) is 0 Å². The molecule has 4 nitrogen and oxygen atoms in total. The van der Waals surface area contributed by atoms with Gasteiger partial charge in [0.15, 0.2) is 5.82 Å². The number of nitrogens with zero attached hydrogens (tertiary/aromatic N) is 2. The van der Waals surface area contributed by atoms with Gasteiger partial charge in [0.1, 0.15) is 5.82 Å². The maximum Gasteiger partial charge on any atom is 0.161 e. The molecule has 0 spiro atoms. The van der Waals surface area contributed by atoms with E-state index in [1.165, 1.54) is 0 Å². The van der Waals surface area contributed by atoms with Gasteiger partial charge in [0.05, 0.1) is 16.8 Å². The summed E-state index contributed by atoms with van der Waals surface area (Å²) >= 11 is 9.19. The first-order chi connectivity index (χ1) is 8.61. The van der Waals surface area contributed by atoms with Crippen LogP contribution in [-0.4, -0.2) is 17.1 Å². The van der Waals surface area contributed by atoms with E-state index in [0.29, 0.717) is 27.7 Å². The summed E-state index contributed by atoms with van der Waals surface area (Å²) in [6, 6.07) is 7.27. The van der Waals surface area contributed by atoms with Crippen LogP contribution in [0.1, 0.15) is 5.69 Å². The molecule has 0 radical (unpaired) electrons. The fourth-order valence-electron chi connectivity index (χ4n) is 1.47. The molecule has 0 aliphatic rings. The summed E-state index contributed by atoms with van der Waals surface area (Å²) < 4.78 is 5.75.